The van der Waals surface area contributed by atoms with E-state index in [2.05, 4.69) is 25.7 Å². The molecule has 0 bridgehead atoms. The standard InChI is InChI=1S/C28H30ClN7O4/c1-18-22(28(39)30-9-8-24(37)19-2-4-21(29)5-3-19)14-20(15-31-18)23-6-7-26-32-25(16-36(26)34-23)33-27(38)17-35-10-12-40-13-11-35/h2-7,14-16,24,37H,8-13,17H2,1H3,(H,30,39)(H,33,38). The summed E-state index contributed by atoms with van der Waals surface area (Å²) in [4.78, 5) is 36.2. The number of rotatable bonds is 9. The predicted molar refractivity (Wildman–Crippen MR) is 150 cm³/mol. The molecular formula is C28H30ClN7O4. The summed E-state index contributed by atoms with van der Waals surface area (Å²) in [6.45, 7) is 5.01. The molecule has 5 rings (SSSR count). The first-order valence-corrected chi connectivity index (χ1v) is 13.4. The Labute approximate surface area is 236 Å². The Hall–Kier alpha value is -3.90. The highest BCUT2D eigenvalue weighted by Gasteiger charge is 2.17. The lowest BCUT2D eigenvalue weighted by atomic mass is 10.1. The van der Waals surface area contributed by atoms with Gasteiger partial charge in [-0.3, -0.25) is 19.5 Å². The number of hydrogen-bond acceptors (Lipinski definition) is 8. The first-order valence-electron chi connectivity index (χ1n) is 13.0. The topological polar surface area (TPSA) is 134 Å². The summed E-state index contributed by atoms with van der Waals surface area (Å²) in [6.07, 6.45) is 2.94. The van der Waals surface area contributed by atoms with Crippen molar-refractivity contribution in [3.8, 4) is 11.3 Å². The molecule has 0 saturated carbocycles. The molecule has 1 unspecified atom stereocenters. The summed E-state index contributed by atoms with van der Waals surface area (Å²) in [5.41, 5.74) is 3.55. The number of halogens is 1. The van der Waals surface area contributed by atoms with Gasteiger partial charge in [0, 0.05) is 36.4 Å². The number of ether oxygens (including phenoxy) is 1. The maximum Gasteiger partial charge on any atom is 0.253 e. The Morgan fingerprint density at radius 2 is 1.93 bits per heavy atom. The van der Waals surface area contributed by atoms with Crippen molar-refractivity contribution in [2.24, 2.45) is 0 Å². The van der Waals surface area contributed by atoms with Crippen LogP contribution in [-0.2, 0) is 9.53 Å². The Kier molecular flexibility index (Phi) is 8.66. The van der Waals surface area contributed by atoms with E-state index in [0.717, 1.165) is 18.7 Å². The van der Waals surface area contributed by atoms with Gasteiger partial charge < -0.3 is 20.5 Å². The van der Waals surface area contributed by atoms with Crippen molar-refractivity contribution < 1.29 is 19.4 Å². The lowest BCUT2D eigenvalue weighted by Gasteiger charge is -2.25. The van der Waals surface area contributed by atoms with Gasteiger partial charge in [0.1, 0.15) is 0 Å². The van der Waals surface area contributed by atoms with Crippen molar-refractivity contribution in [3.63, 3.8) is 0 Å². The van der Waals surface area contributed by atoms with Gasteiger partial charge in [-0.2, -0.15) is 5.10 Å². The van der Waals surface area contributed by atoms with E-state index in [0.29, 0.717) is 58.6 Å². The Morgan fingerprint density at radius 3 is 2.70 bits per heavy atom. The number of aliphatic hydroxyl groups excluding tert-OH is 1. The third-order valence-electron chi connectivity index (χ3n) is 6.64. The molecule has 4 heterocycles. The van der Waals surface area contributed by atoms with E-state index in [1.807, 2.05) is 4.90 Å². The molecule has 40 heavy (non-hydrogen) atoms. The average Bonchev–Trinajstić information content (AvgIpc) is 3.35. The van der Waals surface area contributed by atoms with Crippen molar-refractivity contribution >= 4 is 34.9 Å². The van der Waals surface area contributed by atoms with E-state index in [1.165, 1.54) is 0 Å². The number of aryl methyl sites for hydroxylation is 1. The van der Waals surface area contributed by atoms with E-state index in [9.17, 15) is 14.7 Å². The van der Waals surface area contributed by atoms with Gasteiger partial charge >= 0.3 is 0 Å². The van der Waals surface area contributed by atoms with E-state index in [-0.39, 0.29) is 24.9 Å². The minimum Gasteiger partial charge on any atom is -0.388 e. The molecule has 3 N–H and O–H groups in total. The highest BCUT2D eigenvalue weighted by molar-refractivity contribution is 6.30. The molecule has 1 fully saturated rings. The van der Waals surface area contributed by atoms with Crippen LogP contribution in [0.5, 0.6) is 0 Å². The average molecular weight is 564 g/mol. The number of morpholine rings is 1. The zero-order valence-electron chi connectivity index (χ0n) is 22.0. The first-order chi connectivity index (χ1) is 19.4. The Bertz CT molecular complexity index is 1500. The number of imidazole rings is 1. The number of nitrogens with one attached hydrogen (secondary N) is 2. The summed E-state index contributed by atoms with van der Waals surface area (Å²) >= 11 is 5.91. The monoisotopic (exact) mass is 563 g/mol. The number of aromatic nitrogens is 4. The van der Waals surface area contributed by atoms with E-state index >= 15 is 0 Å². The van der Waals surface area contributed by atoms with E-state index in [4.69, 9.17) is 16.3 Å². The number of anilines is 1. The van der Waals surface area contributed by atoms with Gasteiger partial charge in [-0.1, -0.05) is 23.7 Å². The summed E-state index contributed by atoms with van der Waals surface area (Å²) < 4.78 is 6.90. The number of fused-ring (bicyclic) bond motifs is 1. The summed E-state index contributed by atoms with van der Waals surface area (Å²) in [6, 6.07) is 12.3. The third kappa shape index (κ3) is 6.80. The predicted octanol–water partition coefficient (Wildman–Crippen LogP) is 2.88. The molecule has 0 radical (unpaired) electrons. The number of carbonyl (C=O) groups is 2. The highest BCUT2D eigenvalue weighted by Crippen LogP contribution is 2.21. The Balaban J connectivity index is 1.23. The molecular weight excluding hydrogens is 534 g/mol. The van der Waals surface area contributed by atoms with Gasteiger partial charge in [0.05, 0.1) is 49.0 Å². The Morgan fingerprint density at radius 1 is 1.15 bits per heavy atom. The molecule has 3 aromatic heterocycles. The number of pyridine rings is 1. The lowest BCUT2D eigenvalue weighted by Crippen LogP contribution is -2.41. The molecule has 1 saturated heterocycles. The summed E-state index contributed by atoms with van der Waals surface area (Å²) in [7, 11) is 0. The van der Waals surface area contributed by atoms with Crippen LogP contribution in [0, 0.1) is 6.92 Å². The van der Waals surface area contributed by atoms with Crippen LogP contribution < -0.4 is 10.6 Å². The minimum atomic E-state index is -0.719. The van der Waals surface area contributed by atoms with Crippen LogP contribution in [-0.4, -0.2) is 80.8 Å². The van der Waals surface area contributed by atoms with Gasteiger partial charge in [0.15, 0.2) is 11.5 Å². The van der Waals surface area contributed by atoms with Crippen LogP contribution in [0.15, 0.2) is 54.9 Å². The number of amides is 2. The fourth-order valence-corrected chi connectivity index (χ4v) is 4.54. The zero-order valence-corrected chi connectivity index (χ0v) is 22.8. The molecule has 208 valence electrons. The van der Waals surface area contributed by atoms with Gasteiger partial charge in [-0.05, 0) is 49.2 Å². The number of benzene rings is 1. The number of carbonyl (C=O) groups excluding carboxylic acids is 2. The van der Waals surface area contributed by atoms with Crippen molar-refractivity contribution in [2.45, 2.75) is 19.4 Å². The first kappa shape index (κ1) is 27.7. The lowest BCUT2D eigenvalue weighted by molar-refractivity contribution is -0.118. The number of hydrogen-bond donors (Lipinski definition) is 3. The SMILES string of the molecule is Cc1ncc(-c2ccc3nc(NC(=O)CN4CCOCC4)cn3n2)cc1C(=O)NCCC(O)c1ccc(Cl)cc1. The van der Waals surface area contributed by atoms with Crippen LogP contribution in [0.25, 0.3) is 16.9 Å². The molecule has 0 spiro atoms. The second-order valence-electron chi connectivity index (χ2n) is 9.55. The highest BCUT2D eigenvalue weighted by atomic mass is 35.5. The number of nitrogens with zero attached hydrogens (tertiary/aromatic N) is 5. The normalized spacial score (nSPS) is 14.7. The molecule has 0 aliphatic carbocycles. The molecule has 1 aliphatic rings. The molecule has 1 atom stereocenters. The second kappa shape index (κ2) is 12.5. The zero-order chi connectivity index (χ0) is 28.1. The van der Waals surface area contributed by atoms with Crippen LogP contribution in [0.3, 0.4) is 0 Å². The molecule has 11 nitrogen and oxygen atoms in total. The molecule has 4 aromatic rings. The maximum atomic E-state index is 12.9. The molecule has 1 aliphatic heterocycles. The molecule has 2 amide bonds. The van der Waals surface area contributed by atoms with Crippen molar-refractivity contribution in [2.75, 3.05) is 44.7 Å². The summed E-state index contributed by atoms with van der Waals surface area (Å²) in [5.74, 6) is -0.0282. The second-order valence-corrected chi connectivity index (χ2v) is 9.99. The van der Waals surface area contributed by atoms with Gasteiger partial charge in [0.2, 0.25) is 5.91 Å². The van der Waals surface area contributed by atoms with Crippen LogP contribution in [0.2, 0.25) is 5.02 Å². The third-order valence-corrected chi connectivity index (χ3v) is 6.90. The van der Waals surface area contributed by atoms with E-state index < -0.39 is 6.10 Å². The number of aliphatic hydroxyl groups is 1. The van der Waals surface area contributed by atoms with Crippen LogP contribution >= 0.6 is 11.6 Å². The fraction of sp³-hybridized carbons (Fsp3) is 0.321. The van der Waals surface area contributed by atoms with Crippen molar-refractivity contribution in [1.82, 2.24) is 29.8 Å². The molecule has 1 aromatic carbocycles. The van der Waals surface area contributed by atoms with Crippen molar-refractivity contribution in [3.05, 3.63) is 76.7 Å². The van der Waals surface area contributed by atoms with Crippen LogP contribution in [0.1, 0.15) is 34.1 Å². The van der Waals surface area contributed by atoms with Gasteiger partial charge in [0.25, 0.3) is 5.91 Å². The maximum absolute atomic E-state index is 12.9. The van der Waals surface area contributed by atoms with Crippen molar-refractivity contribution in [1.29, 1.82) is 0 Å². The summed E-state index contributed by atoms with van der Waals surface area (Å²) in [5, 5.41) is 21.3. The van der Waals surface area contributed by atoms with Crippen LogP contribution in [0.4, 0.5) is 5.82 Å². The fourth-order valence-electron chi connectivity index (χ4n) is 4.41. The van der Waals surface area contributed by atoms with Gasteiger partial charge in [-0.15, -0.1) is 0 Å². The smallest absolute Gasteiger partial charge is 0.253 e. The quantitative estimate of drug-likeness (QED) is 0.283. The van der Waals surface area contributed by atoms with E-state index in [1.54, 1.807) is 66.3 Å². The largest absolute Gasteiger partial charge is 0.388 e. The minimum absolute atomic E-state index is 0.149. The van der Waals surface area contributed by atoms with Gasteiger partial charge in [-0.25, -0.2) is 9.50 Å². The molecule has 12 heteroatoms.